The second kappa shape index (κ2) is 10.3. The molecule has 1 aromatic rings. The molecule has 26 heavy (non-hydrogen) atoms. The lowest BCUT2D eigenvalue weighted by atomic mass is 10.1. The van der Waals surface area contributed by atoms with E-state index in [0.29, 0.717) is 42.0 Å². The summed E-state index contributed by atoms with van der Waals surface area (Å²) in [6.45, 7) is 7.65. The second-order valence-corrected chi connectivity index (χ2v) is 6.55. The van der Waals surface area contributed by atoms with E-state index in [9.17, 15) is 4.79 Å². The van der Waals surface area contributed by atoms with Gasteiger partial charge in [-0.2, -0.15) is 0 Å². The number of nitrogens with one attached hydrogen (secondary N) is 1. The van der Waals surface area contributed by atoms with Crippen molar-refractivity contribution in [3.05, 3.63) is 17.7 Å². The van der Waals surface area contributed by atoms with E-state index in [2.05, 4.69) is 24.1 Å². The third-order valence-electron chi connectivity index (χ3n) is 4.87. The van der Waals surface area contributed by atoms with E-state index >= 15 is 0 Å². The molecule has 146 valence electrons. The molecule has 1 aliphatic heterocycles. The summed E-state index contributed by atoms with van der Waals surface area (Å²) >= 11 is 0. The largest absolute Gasteiger partial charge is 0.493 e. The number of benzene rings is 1. The smallest absolute Gasteiger partial charge is 0.251 e. The monoisotopic (exact) mass is 364 g/mol. The molecule has 0 radical (unpaired) electrons. The summed E-state index contributed by atoms with van der Waals surface area (Å²) in [5, 5.41) is 3.05. The molecule has 0 aliphatic carbocycles. The average molecular weight is 364 g/mol. The zero-order valence-corrected chi connectivity index (χ0v) is 16.5. The van der Waals surface area contributed by atoms with Crippen molar-refractivity contribution in [1.82, 2.24) is 10.2 Å². The van der Waals surface area contributed by atoms with E-state index in [1.807, 2.05) is 0 Å². The van der Waals surface area contributed by atoms with Crippen LogP contribution in [0, 0.1) is 0 Å². The third kappa shape index (κ3) is 5.04. The summed E-state index contributed by atoms with van der Waals surface area (Å²) < 4.78 is 16.7. The molecule has 1 fully saturated rings. The normalized spacial score (nSPS) is 17.2. The van der Waals surface area contributed by atoms with Crippen LogP contribution in [0.5, 0.6) is 17.2 Å². The highest BCUT2D eigenvalue weighted by Gasteiger charge is 2.24. The van der Waals surface area contributed by atoms with Gasteiger partial charge >= 0.3 is 0 Å². The van der Waals surface area contributed by atoms with Crippen LogP contribution in [0.15, 0.2) is 12.1 Å². The van der Waals surface area contributed by atoms with Crippen LogP contribution in [-0.4, -0.2) is 57.3 Å². The summed E-state index contributed by atoms with van der Waals surface area (Å²) in [4.78, 5) is 15.0. The molecule has 1 amide bonds. The molecule has 1 N–H and O–H groups in total. The van der Waals surface area contributed by atoms with E-state index in [-0.39, 0.29) is 5.91 Å². The molecule has 6 nitrogen and oxygen atoms in total. The van der Waals surface area contributed by atoms with Crippen LogP contribution in [0.2, 0.25) is 0 Å². The average Bonchev–Trinajstić information content (AvgIpc) is 3.13. The number of ether oxygens (including phenoxy) is 3. The van der Waals surface area contributed by atoms with Crippen molar-refractivity contribution >= 4 is 5.91 Å². The Bertz CT molecular complexity index is 566. The van der Waals surface area contributed by atoms with Crippen molar-refractivity contribution in [3.8, 4) is 17.2 Å². The highest BCUT2D eigenvalue weighted by atomic mass is 16.5. The first-order valence-electron chi connectivity index (χ1n) is 9.55. The van der Waals surface area contributed by atoms with Crippen molar-refractivity contribution in [2.24, 2.45) is 0 Å². The zero-order chi connectivity index (χ0) is 18.9. The Morgan fingerprint density at radius 1 is 1.23 bits per heavy atom. The van der Waals surface area contributed by atoms with Crippen molar-refractivity contribution in [3.63, 3.8) is 0 Å². The van der Waals surface area contributed by atoms with Gasteiger partial charge in [0, 0.05) is 18.2 Å². The molecule has 0 aromatic heterocycles. The maximum atomic E-state index is 12.6. The Morgan fingerprint density at radius 3 is 2.50 bits per heavy atom. The molecule has 1 aromatic carbocycles. The van der Waals surface area contributed by atoms with Crippen molar-refractivity contribution in [2.45, 2.75) is 45.6 Å². The minimum Gasteiger partial charge on any atom is -0.493 e. The molecule has 1 heterocycles. The predicted molar refractivity (Wildman–Crippen MR) is 103 cm³/mol. The van der Waals surface area contributed by atoms with E-state index in [1.165, 1.54) is 6.42 Å². The second-order valence-electron chi connectivity index (χ2n) is 6.55. The van der Waals surface area contributed by atoms with Gasteiger partial charge in [0.15, 0.2) is 11.5 Å². The Balaban J connectivity index is 2.08. The Morgan fingerprint density at radius 2 is 1.92 bits per heavy atom. The van der Waals surface area contributed by atoms with Gasteiger partial charge in [-0.05, 0) is 44.5 Å². The Kier molecular flexibility index (Phi) is 8.04. The lowest BCUT2D eigenvalue weighted by Crippen LogP contribution is -2.40. The van der Waals surface area contributed by atoms with Crippen molar-refractivity contribution in [1.29, 1.82) is 0 Å². The van der Waals surface area contributed by atoms with E-state index < -0.39 is 0 Å². The Labute approximate surface area is 156 Å². The molecular weight excluding hydrogens is 332 g/mol. The summed E-state index contributed by atoms with van der Waals surface area (Å²) in [5.74, 6) is 1.46. The Hall–Kier alpha value is -1.95. The minimum atomic E-state index is -0.121. The molecule has 1 atom stereocenters. The maximum Gasteiger partial charge on any atom is 0.251 e. The number of methoxy groups -OCH3 is 2. The molecule has 0 bridgehead atoms. The predicted octanol–water partition coefficient (Wildman–Crippen LogP) is 3.10. The molecule has 0 spiro atoms. The SMILES string of the molecule is CCCCOc1c(OC)cc(C(=O)NC[C@H]2CCCN2CC)cc1OC. The van der Waals surface area contributed by atoms with Crippen LogP contribution in [0.3, 0.4) is 0 Å². The van der Waals surface area contributed by atoms with Crippen LogP contribution >= 0.6 is 0 Å². The molecule has 1 aliphatic rings. The number of hydrogen-bond acceptors (Lipinski definition) is 5. The quantitative estimate of drug-likeness (QED) is 0.647. The third-order valence-corrected chi connectivity index (χ3v) is 4.87. The number of amides is 1. The number of nitrogens with zero attached hydrogens (tertiary/aromatic N) is 1. The van der Waals surface area contributed by atoms with Gasteiger partial charge < -0.3 is 19.5 Å². The number of carbonyl (C=O) groups excluding carboxylic acids is 1. The molecule has 0 saturated carbocycles. The molecule has 2 rings (SSSR count). The van der Waals surface area contributed by atoms with Gasteiger partial charge in [-0.15, -0.1) is 0 Å². The minimum absolute atomic E-state index is 0.121. The summed E-state index contributed by atoms with van der Waals surface area (Å²) in [6, 6.07) is 3.85. The van der Waals surface area contributed by atoms with Crippen LogP contribution in [0.1, 0.15) is 49.9 Å². The topological polar surface area (TPSA) is 60.0 Å². The first-order chi connectivity index (χ1) is 12.6. The lowest BCUT2D eigenvalue weighted by Gasteiger charge is -2.23. The van der Waals surface area contributed by atoms with Gasteiger partial charge in [-0.1, -0.05) is 20.3 Å². The summed E-state index contributed by atoms with van der Waals surface area (Å²) in [7, 11) is 3.14. The molecular formula is C20H32N2O4. The fourth-order valence-electron chi connectivity index (χ4n) is 3.33. The van der Waals surface area contributed by atoms with Gasteiger partial charge in [-0.25, -0.2) is 0 Å². The summed E-state index contributed by atoms with van der Waals surface area (Å²) in [6.07, 6.45) is 4.32. The highest BCUT2D eigenvalue weighted by Crippen LogP contribution is 2.38. The fourth-order valence-corrected chi connectivity index (χ4v) is 3.33. The zero-order valence-electron chi connectivity index (χ0n) is 16.5. The van der Waals surface area contributed by atoms with Crippen LogP contribution in [0.4, 0.5) is 0 Å². The van der Waals surface area contributed by atoms with Crippen LogP contribution in [-0.2, 0) is 0 Å². The first kappa shape index (κ1) is 20.4. The molecule has 6 heteroatoms. The number of likely N-dealkylation sites (N-methyl/N-ethyl adjacent to an activating group) is 1. The van der Waals surface area contributed by atoms with E-state index in [1.54, 1.807) is 26.4 Å². The van der Waals surface area contributed by atoms with Gasteiger partial charge in [-0.3, -0.25) is 9.69 Å². The van der Waals surface area contributed by atoms with Crippen molar-refractivity contribution < 1.29 is 19.0 Å². The lowest BCUT2D eigenvalue weighted by molar-refractivity contribution is 0.0940. The maximum absolute atomic E-state index is 12.6. The van der Waals surface area contributed by atoms with E-state index in [0.717, 1.165) is 32.4 Å². The summed E-state index contributed by atoms with van der Waals surface area (Å²) in [5.41, 5.74) is 0.516. The van der Waals surface area contributed by atoms with Gasteiger partial charge in [0.1, 0.15) is 0 Å². The standard InChI is InChI=1S/C20H32N2O4/c1-5-7-11-26-19-17(24-3)12-15(13-18(19)25-4)20(23)21-14-16-9-8-10-22(16)6-2/h12-13,16H,5-11,14H2,1-4H3,(H,21,23)/t16-/m1/s1. The number of likely N-dealkylation sites (tertiary alicyclic amines) is 1. The number of hydrogen-bond donors (Lipinski definition) is 1. The van der Waals surface area contributed by atoms with Crippen LogP contribution in [0.25, 0.3) is 0 Å². The number of rotatable bonds is 10. The first-order valence-corrected chi connectivity index (χ1v) is 9.55. The van der Waals surface area contributed by atoms with E-state index in [4.69, 9.17) is 14.2 Å². The fraction of sp³-hybridized carbons (Fsp3) is 0.650. The van der Waals surface area contributed by atoms with Crippen molar-refractivity contribution in [2.75, 3.05) is 40.5 Å². The van der Waals surface area contributed by atoms with Gasteiger partial charge in [0.2, 0.25) is 5.75 Å². The van der Waals surface area contributed by atoms with Crippen LogP contribution < -0.4 is 19.5 Å². The van der Waals surface area contributed by atoms with Gasteiger partial charge in [0.25, 0.3) is 5.91 Å². The molecule has 0 unspecified atom stereocenters. The highest BCUT2D eigenvalue weighted by molar-refractivity contribution is 5.95. The molecule has 1 saturated heterocycles. The number of unbranched alkanes of at least 4 members (excludes halogenated alkanes) is 1. The number of carbonyl (C=O) groups is 1. The van der Waals surface area contributed by atoms with Gasteiger partial charge in [0.05, 0.1) is 20.8 Å².